The Labute approximate surface area is 114 Å². The molecule has 0 radical (unpaired) electrons. The van der Waals surface area contributed by atoms with Crippen LogP contribution < -0.4 is 5.73 Å². The second kappa shape index (κ2) is 6.71. The van der Waals surface area contributed by atoms with Gasteiger partial charge in [-0.3, -0.25) is 4.79 Å². The number of carbonyl (C=O) groups is 1. The quantitative estimate of drug-likeness (QED) is 0.814. The molecule has 1 aromatic rings. The molecule has 1 unspecified atom stereocenters. The van der Waals surface area contributed by atoms with Gasteiger partial charge in [-0.25, -0.2) is 0 Å². The molecule has 0 heterocycles. The van der Waals surface area contributed by atoms with Crippen molar-refractivity contribution in [3.05, 3.63) is 35.4 Å². The van der Waals surface area contributed by atoms with E-state index in [0.717, 1.165) is 5.56 Å². The number of rotatable bonds is 4. The summed E-state index contributed by atoms with van der Waals surface area (Å²) >= 11 is 0. The van der Waals surface area contributed by atoms with E-state index in [2.05, 4.69) is 12.1 Å². The van der Waals surface area contributed by atoms with Gasteiger partial charge in [-0.15, -0.1) is 0 Å². The first-order valence-electron chi connectivity index (χ1n) is 7.24. The molecular weight excluding hydrogens is 238 g/mol. The van der Waals surface area contributed by atoms with Crippen LogP contribution in [0.5, 0.6) is 0 Å². The van der Waals surface area contributed by atoms with Gasteiger partial charge in [0, 0.05) is 6.04 Å². The van der Waals surface area contributed by atoms with Crippen LogP contribution >= 0.6 is 0 Å². The van der Waals surface area contributed by atoms with Gasteiger partial charge in [0.1, 0.15) is 0 Å². The van der Waals surface area contributed by atoms with Crippen molar-refractivity contribution in [1.29, 1.82) is 0 Å². The highest BCUT2D eigenvalue weighted by Gasteiger charge is 2.16. The summed E-state index contributed by atoms with van der Waals surface area (Å²) in [5.41, 5.74) is 8.23. The Hall–Kier alpha value is -1.35. The van der Waals surface area contributed by atoms with Crippen LogP contribution in [-0.4, -0.2) is 11.1 Å². The second-order valence-electron chi connectivity index (χ2n) is 5.56. The van der Waals surface area contributed by atoms with Gasteiger partial charge in [-0.05, 0) is 29.9 Å². The average Bonchev–Trinajstić information content (AvgIpc) is 2.67. The smallest absolute Gasteiger partial charge is 0.305 e. The Balaban J connectivity index is 2.11. The minimum absolute atomic E-state index is 0.00583. The van der Waals surface area contributed by atoms with Crippen LogP contribution in [0.2, 0.25) is 0 Å². The molecule has 1 aromatic carbocycles. The van der Waals surface area contributed by atoms with E-state index in [1.54, 1.807) is 0 Å². The lowest BCUT2D eigenvalue weighted by atomic mass is 9.89. The second-order valence-corrected chi connectivity index (χ2v) is 5.56. The van der Waals surface area contributed by atoms with Gasteiger partial charge in [-0.2, -0.15) is 0 Å². The molecule has 104 valence electrons. The van der Waals surface area contributed by atoms with Gasteiger partial charge in [0.05, 0.1) is 6.42 Å². The van der Waals surface area contributed by atoms with E-state index in [1.165, 1.54) is 44.1 Å². The first-order valence-corrected chi connectivity index (χ1v) is 7.24. The molecule has 3 N–H and O–H groups in total. The highest BCUT2D eigenvalue weighted by molar-refractivity contribution is 5.67. The van der Waals surface area contributed by atoms with Crippen molar-refractivity contribution in [3.8, 4) is 0 Å². The lowest BCUT2D eigenvalue weighted by molar-refractivity contribution is -0.137. The van der Waals surface area contributed by atoms with Crippen LogP contribution in [-0.2, 0) is 4.79 Å². The largest absolute Gasteiger partial charge is 0.481 e. The molecular formula is C16H23NO2. The van der Waals surface area contributed by atoms with Crippen LogP contribution in [0.3, 0.4) is 0 Å². The predicted molar refractivity (Wildman–Crippen MR) is 76.1 cm³/mol. The van der Waals surface area contributed by atoms with E-state index >= 15 is 0 Å². The van der Waals surface area contributed by atoms with Gasteiger partial charge >= 0.3 is 5.97 Å². The highest BCUT2D eigenvalue weighted by Crippen LogP contribution is 2.32. The summed E-state index contributed by atoms with van der Waals surface area (Å²) in [6, 6.07) is 7.82. The van der Waals surface area contributed by atoms with Gasteiger partial charge in [0.15, 0.2) is 0 Å². The molecule has 1 saturated carbocycles. The molecule has 1 aliphatic rings. The fourth-order valence-electron chi connectivity index (χ4n) is 2.96. The molecule has 0 saturated heterocycles. The minimum atomic E-state index is -0.840. The predicted octanol–water partition coefficient (Wildman–Crippen LogP) is 3.60. The van der Waals surface area contributed by atoms with Gasteiger partial charge < -0.3 is 10.8 Å². The van der Waals surface area contributed by atoms with Crippen molar-refractivity contribution in [2.24, 2.45) is 5.73 Å². The summed E-state index contributed by atoms with van der Waals surface area (Å²) in [4.78, 5) is 10.7. The number of benzene rings is 1. The van der Waals surface area contributed by atoms with Crippen LogP contribution in [0.4, 0.5) is 0 Å². The summed E-state index contributed by atoms with van der Waals surface area (Å²) in [6.45, 7) is 0. The minimum Gasteiger partial charge on any atom is -0.481 e. The average molecular weight is 261 g/mol. The Bertz CT molecular complexity index is 423. The third-order valence-corrected chi connectivity index (χ3v) is 4.06. The normalized spacial score (nSPS) is 18.8. The number of carboxylic acids is 1. The van der Waals surface area contributed by atoms with E-state index in [9.17, 15) is 4.79 Å². The Morgan fingerprint density at radius 1 is 1.26 bits per heavy atom. The lowest BCUT2D eigenvalue weighted by Gasteiger charge is -2.17. The Morgan fingerprint density at radius 2 is 1.95 bits per heavy atom. The zero-order valence-corrected chi connectivity index (χ0v) is 11.3. The first-order chi connectivity index (χ1) is 9.16. The number of hydrogen-bond acceptors (Lipinski definition) is 2. The maximum atomic E-state index is 10.7. The number of hydrogen-bond donors (Lipinski definition) is 2. The van der Waals surface area contributed by atoms with Crippen molar-refractivity contribution < 1.29 is 9.90 Å². The third kappa shape index (κ3) is 4.06. The van der Waals surface area contributed by atoms with E-state index in [-0.39, 0.29) is 6.42 Å². The molecule has 1 atom stereocenters. The van der Waals surface area contributed by atoms with Crippen molar-refractivity contribution in [3.63, 3.8) is 0 Å². The van der Waals surface area contributed by atoms with Crippen molar-refractivity contribution in [2.75, 3.05) is 0 Å². The van der Waals surface area contributed by atoms with E-state index in [0.29, 0.717) is 5.92 Å². The fourth-order valence-corrected chi connectivity index (χ4v) is 2.96. The summed E-state index contributed by atoms with van der Waals surface area (Å²) < 4.78 is 0. The van der Waals surface area contributed by atoms with E-state index in [4.69, 9.17) is 10.8 Å². The van der Waals surface area contributed by atoms with Crippen LogP contribution in [0, 0.1) is 0 Å². The summed E-state index contributed by atoms with van der Waals surface area (Å²) in [7, 11) is 0. The topological polar surface area (TPSA) is 63.3 Å². The molecule has 19 heavy (non-hydrogen) atoms. The van der Waals surface area contributed by atoms with Crippen molar-refractivity contribution in [1.82, 2.24) is 0 Å². The molecule has 3 heteroatoms. The summed E-state index contributed by atoms with van der Waals surface area (Å²) in [6.07, 6.45) is 7.78. The zero-order valence-electron chi connectivity index (χ0n) is 11.3. The summed E-state index contributed by atoms with van der Waals surface area (Å²) in [5.74, 6) is -0.216. The Morgan fingerprint density at radius 3 is 2.58 bits per heavy atom. The Kier molecular flexibility index (Phi) is 4.97. The number of carboxylic acid groups (broad SMARTS) is 1. The molecule has 2 rings (SSSR count). The zero-order chi connectivity index (χ0) is 13.7. The number of nitrogens with two attached hydrogens (primary N) is 1. The molecule has 0 spiro atoms. The van der Waals surface area contributed by atoms with Crippen molar-refractivity contribution in [2.45, 2.75) is 56.9 Å². The maximum Gasteiger partial charge on any atom is 0.305 e. The molecule has 0 aromatic heterocycles. The number of aliphatic carboxylic acids is 1. The molecule has 1 fully saturated rings. The van der Waals surface area contributed by atoms with E-state index in [1.807, 2.05) is 12.1 Å². The molecule has 3 nitrogen and oxygen atoms in total. The standard InChI is InChI=1S/C16H23NO2/c17-15(11-16(18)19)14-9-5-8-13(10-14)12-6-3-1-2-4-7-12/h5,8-10,12,15H,1-4,6-7,11,17H2,(H,18,19). The van der Waals surface area contributed by atoms with E-state index < -0.39 is 12.0 Å². The molecule has 0 amide bonds. The summed E-state index contributed by atoms with van der Waals surface area (Å²) in [5, 5.41) is 8.82. The van der Waals surface area contributed by atoms with Gasteiger partial charge in [0.25, 0.3) is 0 Å². The van der Waals surface area contributed by atoms with Gasteiger partial charge in [-0.1, -0.05) is 49.9 Å². The molecule has 0 bridgehead atoms. The SMILES string of the molecule is NC(CC(=O)O)c1cccc(C2CCCCCC2)c1. The molecule has 0 aliphatic heterocycles. The van der Waals surface area contributed by atoms with Gasteiger partial charge in [0.2, 0.25) is 0 Å². The van der Waals surface area contributed by atoms with Crippen LogP contribution in [0.1, 0.15) is 68.0 Å². The third-order valence-electron chi connectivity index (χ3n) is 4.06. The van der Waals surface area contributed by atoms with Crippen LogP contribution in [0.15, 0.2) is 24.3 Å². The first kappa shape index (κ1) is 14.1. The monoisotopic (exact) mass is 261 g/mol. The highest BCUT2D eigenvalue weighted by atomic mass is 16.4. The maximum absolute atomic E-state index is 10.7. The molecule has 1 aliphatic carbocycles. The van der Waals surface area contributed by atoms with Crippen molar-refractivity contribution >= 4 is 5.97 Å². The fraction of sp³-hybridized carbons (Fsp3) is 0.562. The van der Waals surface area contributed by atoms with Crippen LogP contribution in [0.25, 0.3) is 0 Å². The lowest BCUT2D eigenvalue weighted by Crippen LogP contribution is -2.15.